The van der Waals surface area contributed by atoms with Crippen LogP contribution in [0.25, 0.3) is 0 Å². The number of carbonyl (C=O) groups excluding carboxylic acids is 1. The number of likely N-dealkylation sites (tertiary alicyclic amines) is 1. The van der Waals surface area contributed by atoms with Crippen LogP contribution in [-0.4, -0.2) is 35.0 Å². The Morgan fingerprint density at radius 1 is 1.17 bits per heavy atom. The molecule has 0 saturated carbocycles. The summed E-state index contributed by atoms with van der Waals surface area (Å²) < 4.78 is 2.18. The molecule has 1 amide bonds. The van der Waals surface area contributed by atoms with Gasteiger partial charge in [-0.3, -0.25) is 9.69 Å². The van der Waals surface area contributed by atoms with Crippen molar-refractivity contribution >= 4 is 22.9 Å². The zero-order valence-electron chi connectivity index (χ0n) is 13.6. The third kappa shape index (κ3) is 2.62. The van der Waals surface area contributed by atoms with Crippen molar-refractivity contribution in [1.82, 2.24) is 9.47 Å². The Bertz CT molecular complexity index is 683. The van der Waals surface area contributed by atoms with Crippen molar-refractivity contribution in [1.29, 1.82) is 0 Å². The van der Waals surface area contributed by atoms with Gasteiger partial charge in [0.25, 0.3) is 0 Å². The molecular formula is C18H23N3OS. The molecule has 0 radical (unpaired) electrons. The van der Waals surface area contributed by atoms with Gasteiger partial charge in [0, 0.05) is 37.4 Å². The fourth-order valence-electron chi connectivity index (χ4n) is 3.97. The van der Waals surface area contributed by atoms with E-state index in [0.29, 0.717) is 5.91 Å². The first-order valence-corrected chi connectivity index (χ1v) is 9.29. The minimum absolute atomic E-state index is 0.105. The zero-order chi connectivity index (χ0) is 15.9. The third-order valence-electron chi connectivity index (χ3n) is 5.58. The van der Waals surface area contributed by atoms with Gasteiger partial charge in [0.2, 0.25) is 5.91 Å². The maximum absolute atomic E-state index is 13.0. The molecule has 4 nitrogen and oxygen atoms in total. The van der Waals surface area contributed by atoms with Gasteiger partial charge in [0.15, 0.2) is 0 Å². The van der Waals surface area contributed by atoms with Gasteiger partial charge >= 0.3 is 0 Å². The molecule has 0 bridgehead atoms. The second kappa shape index (κ2) is 5.80. The molecule has 2 aliphatic rings. The number of hydrogen-bond acceptors (Lipinski definition) is 3. The molecule has 0 aromatic carbocycles. The number of amides is 1. The predicted octanol–water partition coefficient (Wildman–Crippen LogP) is 3.11. The van der Waals surface area contributed by atoms with E-state index in [9.17, 15) is 4.79 Å². The highest BCUT2D eigenvalue weighted by atomic mass is 32.1. The summed E-state index contributed by atoms with van der Waals surface area (Å²) in [5.74, 6) is 0.356. The van der Waals surface area contributed by atoms with E-state index >= 15 is 0 Å². The molecule has 2 aromatic rings. The van der Waals surface area contributed by atoms with E-state index in [2.05, 4.69) is 51.7 Å². The molecule has 122 valence electrons. The lowest BCUT2D eigenvalue weighted by Gasteiger charge is -2.37. The van der Waals surface area contributed by atoms with Crippen LogP contribution in [0.5, 0.6) is 0 Å². The first kappa shape index (κ1) is 15.0. The molecular weight excluding hydrogens is 306 g/mol. The summed E-state index contributed by atoms with van der Waals surface area (Å²) in [7, 11) is 2.10. The summed E-state index contributed by atoms with van der Waals surface area (Å²) in [6.45, 7) is 3.91. The van der Waals surface area contributed by atoms with E-state index < -0.39 is 0 Å². The van der Waals surface area contributed by atoms with E-state index in [0.717, 1.165) is 51.1 Å². The standard InChI is InChI=1S/C18H23N3OS/c1-19-8-2-3-15(19)13-20-9-5-18(6-10-20)7-11-21(17(18)22)16-4-12-23-14-16/h2-4,8,12,14H,5-7,9-11,13H2,1H3. The van der Waals surface area contributed by atoms with E-state index in [-0.39, 0.29) is 5.41 Å². The molecule has 4 rings (SSSR count). The molecule has 2 saturated heterocycles. The van der Waals surface area contributed by atoms with Gasteiger partial charge in [0.1, 0.15) is 0 Å². The average molecular weight is 329 g/mol. The normalized spacial score (nSPS) is 21.4. The molecule has 2 aliphatic heterocycles. The van der Waals surface area contributed by atoms with Crippen LogP contribution >= 0.6 is 11.3 Å². The van der Waals surface area contributed by atoms with Crippen molar-refractivity contribution < 1.29 is 4.79 Å². The Hall–Kier alpha value is -1.59. The van der Waals surface area contributed by atoms with Gasteiger partial charge in [-0.25, -0.2) is 0 Å². The van der Waals surface area contributed by atoms with Gasteiger partial charge in [-0.2, -0.15) is 11.3 Å². The van der Waals surface area contributed by atoms with Crippen LogP contribution in [-0.2, 0) is 18.4 Å². The van der Waals surface area contributed by atoms with E-state index in [4.69, 9.17) is 0 Å². The fraction of sp³-hybridized carbons (Fsp3) is 0.500. The Kier molecular flexibility index (Phi) is 3.77. The summed E-state index contributed by atoms with van der Waals surface area (Å²) in [5, 5.41) is 4.14. The van der Waals surface area contributed by atoms with Gasteiger partial charge in [0.05, 0.1) is 11.1 Å². The van der Waals surface area contributed by atoms with E-state index in [1.54, 1.807) is 11.3 Å². The summed E-state index contributed by atoms with van der Waals surface area (Å²) in [4.78, 5) is 17.5. The van der Waals surface area contributed by atoms with Crippen molar-refractivity contribution in [2.45, 2.75) is 25.8 Å². The first-order chi connectivity index (χ1) is 11.2. The highest BCUT2D eigenvalue weighted by Gasteiger charge is 2.48. The van der Waals surface area contributed by atoms with Crippen LogP contribution in [0.1, 0.15) is 25.0 Å². The minimum atomic E-state index is -0.105. The fourth-order valence-corrected chi connectivity index (χ4v) is 4.61. The summed E-state index contributed by atoms with van der Waals surface area (Å²) in [6.07, 6.45) is 5.10. The third-order valence-corrected chi connectivity index (χ3v) is 6.25. The molecule has 0 unspecified atom stereocenters. The Morgan fingerprint density at radius 2 is 1.96 bits per heavy atom. The molecule has 1 spiro atoms. The second-order valence-electron chi connectivity index (χ2n) is 6.86. The molecule has 23 heavy (non-hydrogen) atoms. The maximum Gasteiger partial charge on any atom is 0.233 e. The summed E-state index contributed by atoms with van der Waals surface area (Å²) in [5.41, 5.74) is 2.33. The number of aromatic nitrogens is 1. The molecule has 5 heteroatoms. The van der Waals surface area contributed by atoms with Gasteiger partial charge < -0.3 is 9.47 Å². The number of rotatable bonds is 3. The van der Waals surface area contributed by atoms with Crippen molar-refractivity contribution in [3.63, 3.8) is 0 Å². The van der Waals surface area contributed by atoms with Crippen molar-refractivity contribution in [3.05, 3.63) is 40.8 Å². The van der Waals surface area contributed by atoms with Crippen LogP contribution in [0.15, 0.2) is 35.2 Å². The summed E-state index contributed by atoms with van der Waals surface area (Å²) in [6, 6.07) is 6.34. The molecule has 2 aromatic heterocycles. The zero-order valence-corrected chi connectivity index (χ0v) is 14.4. The first-order valence-electron chi connectivity index (χ1n) is 8.35. The van der Waals surface area contributed by atoms with Crippen LogP contribution in [0.3, 0.4) is 0 Å². The van der Waals surface area contributed by atoms with Crippen LogP contribution < -0.4 is 4.90 Å². The highest BCUT2D eigenvalue weighted by Crippen LogP contribution is 2.43. The van der Waals surface area contributed by atoms with E-state index in [1.807, 2.05) is 4.90 Å². The predicted molar refractivity (Wildman–Crippen MR) is 93.6 cm³/mol. The van der Waals surface area contributed by atoms with Crippen LogP contribution in [0.4, 0.5) is 5.69 Å². The molecule has 0 aliphatic carbocycles. The smallest absolute Gasteiger partial charge is 0.233 e. The molecule has 4 heterocycles. The topological polar surface area (TPSA) is 28.5 Å². The number of aryl methyl sites for hydroxylation is 1. The van der Waals surface area contributed by atoms with E-state index in [1.165, 1.54) is 5.69 Å². The Morgan fingerprint density at radius 3 is 2.61 bits per heavy atom. The molecule has 0 N–H and O–H groups in total. The van der Waals surface area contributed by atoms with Crippen molar-refractivity contribution in [3.8, 4) is 0 Å². The number of hydrogen-bond donors (Lipinski definition) is 0. The number of nitrogens with zero attached hydrogens (tertiary/aromatic N) is 3. The van der Waals surface area contributed by atoms with Crippen molar-refractivity contribution in [2.24, 2.45) is 12.5 Å². The van der Waals surface area contributed by atoms with Gasteiger partial charge in [-0.1, -0.05) is 0 Å². The number of carbonyl (C=O) groups is 1. The lowest BCUT2D eigenvalue weighted by atomic mass is 9.77. The molecule has 2 fully saturated rings. The largest absolute Gasteiger partial charge is 0.353 e. The number of piperidine rings is 1. The maximum atomic E-state index is 13.0. The lowest BCUT2D eigenvalue weighted by Crippen LogP contribution is -2.44. The SMILES string of the molecule is Cn1cccc1CN1CCC2(CC1)CCN(c1ccsc1)C2=O. The summed E-state index contributed by atoms with van der Waals surface area (Å²) >= 11 is 1.66. The number of thiophene rings is 1. The Balaban J connectivity index is 1.41. The second-order valence-corrected chi connectivity index (χ2v) is 7.64. The average Bonchev–Trinajstić information content (AvgIpc) is 3.27. The van der Waals surface area contributed by atoms with Gasteiger partial charge in [-0.15, -0.1) is 0 Å². The molecule has 0 atom stereocenters. The Labute approximate surface area is 141 Å². The lowest BCUT2D eigenvalue weighted by molar-refractivity contribution is -0.128. The highest BCUT2D eigenvalue weighted by molar-refractivity contribution is 7.08. The quantitative estimate of drug-likeness (QED) is 0.866. The monoisotopic (exact) mass is 329 g/mol. The minimum Gasteiger partial charge on any atom is -0.353 e. The number of anilines is 1. The van der Waals surface area contributed by atoms with Crippen LogP contribution in [0, 0.1) is 5.41 Å². The van der Waals surface area contributed by atoms with Crippen LogP contribution in [0.2, 0.25) is 0 Å². The van der Waals surface area contributed by atoms with Gasteiger partial charge in [-0.05, 0) is 55.9 Å². The van der Waals surface area contributed by atoms with Crippen molar-refractivity contribution in [2.75, 3.05) is 24.5 Å².